The molecule has 1 aliphatic heterocycles. The van der Waals surface area contributed by atoms with Gasteiger partial charge >= 0.3 is 0 Å². The van der Waals surface area contributed by atoms with Gasteiger partial charge in [0.15, 0.2) is 0 Å². The number of aryl methyl sites for hydroxylation is 1. The van der Waals surface area contributed by atoms with Crippen molar-refractivity contribution in [2.45, 2.75) is 13.0 Å². The van der Waals surface area contributed by atoms with Crippen molar-refractivity contribution in [2.24, 2.45) is 0 Å². The maximum absolute atomic E-state index is 12.1. The minimum atomic E-state index is -0.441. The number of nitrogens with zero attached hydrogens (tertiary/aromatic N) is 2. The van der Waals surface area contributed by atoms with Gasteiger partial charge in [-0.3, -0.25) is 14.9 Å². The number of amides is 1. The predicted octanol–water partition coefficient (Wildman–Crippen LogP) is 0.947. The summed E-state index contributed by atoms with van der Waals surface area (Å²) in [6, 6.07) is 4.68. The van der Waals surface area contributed by atoms with Gasteiger partial charge in [-0.2, -0.15) is 0 Å². The molecule has 0 aliphatic carbocycles. The first kappa shape index (κ1) is 12.5. The Morgan fingerprint density at radius 3 is 2.61 bits per heavy atom. The molecule has 1 saturated heterocycles. The van der Waals surface area contributed by atoms with Crippen LogP contribution in [0.5, 0.6) is 0 Å². The van der Waals surface area contributed by atoms with Crippen LogP contribution in [0.3, 0.4) is 0 Å². The number of nitrogens with one attached hydrogen (secondary N) is 1. The first-order valence-electron chi connectivity index (χ1n) is 5.73. The fourth-order valence-corrected chi connectivity index (χ4v) is 1.91. The molecular formula is C12H15N3O3. The summed E-state index contributed by atoms with van der Waals surface area (Å²) in [4.78, 5) is 24.1. The van der Waals surface area contributed by atoms with E-state index in [2.05, 4.69) is 5.32 Å². The number of carbonyl (C=O) groups excluding carboxylic acids is 1. The molecular weight excluding hydrogens is 234 g/mol. The van der Waals surface area contributed by atoms with Crippen LogP contribution in [0.25, 0.3) is 0 Å². The highest BCUT2D eigenvalue weighted by molar-refractivity contribution is 5.94. The quantitative estimate of drug-likeness (QED) is 0.639. The van der Waals surface area contributed by atoms with Gasteiger partial charge in [0.2, 0.25) is 0 Å². The highest BCUT2D eigenvalue weighted by atomic mass is 16.6. The number of rotatable bonds is 3. The molecule has 1 aliphatic rings. The lowest BCUT2D eigenvalue weighted by atomic mass is 10.1. The zero-order valence-electron chi connectivity index (χ0n) is 10.3. The van der Waals surface area contributed by atoms with Gasteiger partial charge in [-0.1, -0.05) is 0 Å². The first-order valence-corrected chi connectivity index (χ1v) is 5.73. The molecule has 6 heteroatoms. The minimum Gasteiger partial charge on any atom is -0.336 e. The Balaban J connectivity index is 2.20. The highest BCUT2D eigenvalue weighted by Gasteiger charge is 2.26. The smallest absolute Gasteiger partial charge is 0.272 e. The van der Waals surface area contributed by atoms with Crippen LogP contribution in [-0.4, -0.2) is 41.9 Å². The summed E-state index contributed by atoms with van der Waals surface area (Å²) < 4.78 is 0. The predicted molar refractivity (Wildman–Crippen MR) is 66.6 cm³/mol. The van der Waals surface area contributed by atoms with Gasteiger partial charge in [0.05, 0.1) is 11.0 Å². The number of nitro benzene ring substituents is 1. The van der Waals surface area contributed by atoms with Gasteiger partial charge in [0.1, 0.15) is 0 Å². The summed E-state index contributed by atoms with van der Waals surface area (Å²) in [6.45, 7) is 3.24. The standard InChI is InChI=1S/C12H15N3O3/c1-8-5-9(3-4-11(8)15(17)18)12(16)14(2)10-6-13-7-10/h3-5,10,13H,6-7H2,1-2H3. The largest absolute Gasteiger partial charge is 0.336 e. The van der Waals surface area contributed by atoms with Crippen LogP contribution < -0.4 is 5.32 Å². The number of nitro groups is 1. The zero-order valence-corrected chi connectivity index (χ0v) is 10.3. The van der Waals surface area contributed by atoms with Crippen LogP contribution in [0.15, 0.2) is 18.2 Å². The summed E-state index contributed by atoms with van der Waals surface area (Å²) in [6.07, 6.45) is 0. The van der Waals surface area contributed by atoms with Gasteiger partial charge in [0.25, 0.3) is 11.6 Å². The van der Waals surface area contributed by atoms with Gasteiger partial charge < -0.3 is 10.2 Å². The summed E-state index contributed by atoms with van der Waals surface area (Å²) in [5, 5.41) is 13.8. The normalized spacial score (nSPS) is 15.0. The number of carbonyl (C=O) groups is 1. The lowest BCUT2D eigenvalue weighted by molar-refractivity contribution is -0.385. The van der Waals surface area contributed by atoms with E-state index in [4.69, 9.17) is 0 Å². The van der Waals surface area contributed by atoms with Crippen molar-refractivity contribution in [3.8, 4) is 0 Å². The molecule has 0 unspecified atom stereocenters. The van der Waals surface area contributed by atoms with Gasteiger partial charge in [-0.25, -0.2) is 0 Å². The Kier molecular flexibility index (Phi) is 3.29. The number of hydrogen-bond donors (Lipinski definition) is 1. The van der Waals surface area contributed by atoms with E-state index in [9.17, 15) is 14.9 Å². The van der Waals surface area contributed by atoms with Crippen LogP contribution >= 0.6 is 0 Å². The molecule has 1 aromatic rings. The van der Waals surface area contributed by atoms with E-state index in [1.807, 2.05) is 0 Å². The lowest BCUT2D eigenvalue weighted by Crippen LogP contribution is -2.57. The molecule has 2 rings (SSSR count). The number of likely N-dealkylation sites (N-methyl/N-ethyl adjacent to an activating group) is 1. The Morgan fingerprint density at radius 1 is 1.50 bits per heavy atom. The third-order valence-electron chi connectivity index (χ3n) is 3.27. The zero-order chi connectivity index (χ0) is 13.3. The molecule has 0 aromatic heterocycles. The van der Waals surface area contributed by atoms with Crippen LogP contribution in [0.1, 0.15) is 15.9 Å². The van der Waals surface area contributed by atoms with E-state index in [-0.39, 0.29) is 17.6 Å². The molecule has 1 aromatic carbocycles. The molecule has 0 radical (unpaired) electrons. The molecule has 0 bridgehead atoms. The molecule has 1 fully saturated rings. The maximum atomic E-state index is 12.1. The van der Waals surface area contributed by atoms with E-state index >= 15 is 0 Å². The topological polar surface area (TPSA) is 75.5 Å². The number of hydrogen-bond acceptors (Lipinski definition) is 4. The second kappa shape index (κ2) is 4.73. The van der Waals surface area contributed by atoms with E-state index in [1.54, 1.807) is 24.9 Å². The van der Waals surface area contributed by atoms with E-state index in [1.165, 1.54) is 12.1 Å². The van der Waals surface area contributed by atoms with Crippen molar-refractivity contribution >= 4 is 11.6 Å². The molecule has 0 atom stereocenters. The molecule has 1 heterocycles. The highest BCUT2D eigenvalue weighted by Crippen LogP contribution is 2.20. The second-order valence-corrected chi connectivity index (χ2v) is 4.49. The molecule has 96 valence electrons. The molecule has 0 spiro atoms. The van der Waals surface area contributed by atoms with Crippen molar-refractivity contribution in [3.63, 3.8) is 0 Å². The van der Waals surface area contributed by atoms with Gasteiger partial charge in [0, 0.05) is 37.3 Å². The van der Waals surface area contributed by atoms with Crippen molar-refractivity contribution < 1.29 is 9.72 Å². The van der Waals surface area contributed by atoms with Crippen molar-refractivity contribution in [1.29, 1.82) is 0 Å². The van der Waals surface area contributed by atoms with E-state index < -0.39 is 4.92 Å². The van der Waals surface area contributed by atoms with Crippen LogP contribution in [0.2, 0.25) is 0 Å². The average molecular weight is 249 g/mol. The van der Waals surface area contributed by atoms with Gasteiger partial charge in [-0.15, -0.1) is 0 Å². The lowest BCUT2D eigenvalue weighted by Gasteiger charge is -2.35. The van der Waals surface area contributed by atoms with Gasteiger partial charge in [-0.05, 0) is 19.1 Å². The van der Waals surface area contributed by atoms with Crippen LogP contribution in [0, 0.1) is 17.0 Å². The Labute approximate surface area is 105 Å². The number of benzene rings is 1. The van der Waals surface area contributed by atoms with E-state index in [0.29, 0.717) is 11.1 Å². The summed E-state index contributed by atoms with van der Waals surface area (Å²) >= 11 is 0. The molecule has 18 heavy (non-hydrogen) atoms. The van der Waals surface area contributed by atoms with Crippen LogP contribution in [-0.2, 0) is 0 Å². The fraction of sp³-hybridized carbons (Fsp3) is 0.417. The molecule has 0 saturated carbocycles. The molecule has 1 N–H and O–H groups in total. The SMILES string of the molecule is Cc1cc(C(=O)N(C)C2CNC2)ccc1[N+](=O)[O-]. The monoisotopic (exact) mass is 249 g/mol. The summed E-state index contributed by atoms with van der Waals surface area (Å²) in [5.41, 5.74) is 1.04. The maximum Gasteiger partial charge on any atom is 0.272 e. The third-order valence-corrected chi connectivity index (χ3v) is 3.27. The van der Waals surface area contributed by atoms with E-state index in [0.717, 1.165) is 13.1 Å². The van der Waals surface area contributed by atoms with Crippen LogP contribution in [0.4, 0.5) is 5.69 Å². The third kappa shape index (κ3) is 2.19. The van der Waals surface area contributed by atoms with Crippen molar-refractivity contribution in [1.82, 2.24) is 10.2 Å². The molecule has 6 nitrogen and oxygen atoms in total. The van der Waals surface area contributed by atoms with Crippen molar-refractivity contribution in [2.75, 3.05) is 20.1 Å². The molecule has 1 amide bonds. The minimum absolute atomic E-state index is 0.0412. The second-order valence-electron chi connectivity index (χ2n) is 4.49. The Bertz CT molecular complexity index is 497. The van der Waals surface area contributed by atoms with Crippen molar-refractivity contribution in [3.05, 3.63) is 39.4 Å². The first-order chi connectivity index (χ1) is 8.50. The summed E-state index contributed by atoms with van der Waals surface area (Å²) in [5.74, 6) is -0.0977. The summed E-state index contributed by atoms with van der Waals surface area (Å²) in [7, 11) is 1.75. The average Bonchev–Trinajstić information content (AvgIpc) is 2.24. The Hall–Kier alpha value is -1.95. The Morgan fingerprint density at radius 2 is 2.17 bits per heavy atom. The fourth-order valence-electron chi connectivity index (χ4n) is 1.91.